The lowest BCUT2D eigenvalue weighted by atomic mass is 10.1. The molecule has 0 aliphatic heterocycles. The SMILES string of the molecule is CN=C(NCC(c1cnn(C)c1)N(C)C)N(C)CCOc1ccccc1F.I. The number of aliphatic imine (C=N–C) groups is 1. The summed E-state index contributed by atoms with van der Waals surface area (Å²) in [6.07, 6.45) is 3.89. The van der Waals surface area contributed by atoms with Crippen LogP contribution in [0.25, 0.3) is 0 Å². The molecule has 156 valence electrons. The first kappa shape index (κ1) is 24.2. The molecule has 0 radical (unpaired) electrons. The summed E-state index contributed by atoms with van der Waals surface area (Å²) in [6, 6.07) is 6.57. The number of halogens is 2. The number of aromatic nitrogens is 2. The number of rotatable bonds is 8. The summed E-state index contributed by atoms with van der Waals surface area (Å²) in [4.78, 5) is 8.42. The molecule has 1 unspecified atom stereocenters. The van der Waals surface area contributed by atoms with E-state index in [1.165, 1.54) is 6.07 Å². The van der Waals surface area contributed by atoms with Crippen LogP contribution in [0.2, 0.25) is 0 Å². The number of guanidine groups is 1. The third-order valence-electron chi connectivity index (χ3n) is 4.28. The molecule has 0 aliphatic carbocycles. The number of ether oxygens (including phenoxy) is 1. The molecule has 7 nitrogen and oxygen atoms in total. The van der Waals surface area contributed by atoms with E-state index in [1.54, 1.807) is 29.9 Å². The summed E-state index contributed by atoms with van der Waals surface area (Å²) in [7, 11) is 9.65. The minimum absolute atomic E-state index is 0. The molecule has 28 heavy (non-hydrogen) atoms. The highest BCUT2D eigenvalue weighted by molar-refractivity contribution is 14.0. The van der Waals surface area contributed by atoms with Gasteiger partial charge in [-0.25, -0.2) is 4.39 Å². The second-order valence-electron chi connectivity index (χ2n) is 6.56. The highest BCUT2D eigenvalue weighted by Gasteiger charge is 2.17. The highest BCUT2D eigenvalue weighted by atomic mass is 127. The van der Waals surface area contributed by atoms with E-state index in [9.17, 15) is 4.39 Å². The standard InChI is InChI=1S/C19H29FN6O.HI/c1-21-19(22-13-17(24(2)3)15-12-23-26(5)14-15)25(4)10-11-27-18-9-7-6-8-16(18)20;/h6-9,12,14,17H,10-11,13H2,1-5H3,(H,21,22);1H. The van der Waals surface area contributed by atoms with E-state index in [-0.39, 0.29) is 41.6 Å². The summed E-state index contributed by atoms with van der Waals surface area (Å²) in [5.74, 6) is 0.661. The van der Waals surface area contributed by atoms with Gasteiger partial charge in [-0.05, 0) is 26.2 Å². The molecule has 1 aromatic carbocycles. The van der Waals surface area contributed by atoms with Gasteiger partial charge in [-0.15, -0.1) is 24.0 Å². The van der Waals surface area contributed by atoms with Crippen LogP contribution in [0, 0.1) is 5.82 Å². The molecule has 1 atom stereocenters. The van der Waals surface area contributed by atoms with Crippen molar-refractivity contribution in [3.05, 3.63) is 48.0 Å². The number of hydrogen-bond donors (Lipinski definition) is 1. The summed E-state index contributed by atoms with van der Waals surface area (Å²) < 4.78 is 20.9. The Morgan fingerprint density at radius 3 is 2.61 bits per heavy atom. The van der Waals surface area contributed by atoms with Gasteiger partial charge in [0.25, 0.3) is 0 Å². The number of nitrogens with one attached hydrogen (secondary N) is 1. The Hall–Kier alpha value is -1.88. The van der Waals surface area contributed by atoms with Crippen LogP contribution in [0.1, 0.15) is 11.6 Å². The zero-order valence-corrected chi connectivity index (χ0v) is 19.4. The fraction of sp³-hybridized carbons (Fsp3) is 0.474. The Morgan fingerprint density at radius 2 is 2.04 bits per heavy atom. The zero-order chi connectivity index (χ0) is 19.8. The van der Waals surface area contributed by atoms with E-state index in [2.05, 4.69) is 20.3 Å². The zero-order valence-electron chi connectivity index (χ0n) is 17.1. The number of para-hydroxylation sites is 1. The van der Waals surface area contributed by atoms with Gasteiger partial charge in [0.2, 0.25) is 0 Å². The summed E-state index contributed by atoms with van der Waals surface area (Å²) in [5.41, 5.74) is 1.14. The quantitative estimate of drug-likeness (QED) is 0.340. The van der Waals surface area contributed by atoms with Crippen molar-refractivity contribution in [1.29, 1.82) is 0 Å². The largest absolute Gasteiger partial charge is 0.489 e. The molecule has 0 amide bonds. The van der Waals surface area contributed by atoms with E-state index in [0.29, 0.717) is 19.7 Å². The van der Waals surface area contributed by atoms with Gasteiger partial charge >= 0.3 is 0 Å². The predicted molar refractivity (Wildman–Crippen MR) is 121 cm³/mol. The van der Waals surface area contributed by atoms with E-state index < -0.39 is 0 Å². The first-order chi connectivity index (χ1) is 12.9. The molecule has 0 saturated carbocycles. The van der Waals surface area contributed by atoms with Crippen LogP contribution >= 0.6 is 24.0 Å². The molecule has 0 bridgehead atoms. The van der Waals surface area contributed by atoms with Crippen molar-refractivity contribution in [2.24, 2.45) is 12.0 Å². The van der Waals surface area contributed by atoms with Gasteiger partial charge < -0.3 is 19.9 Å². The lowest BCUT2D eigenvalue weighted by Gasteiger charge is -2.27. The van der Waals surface area contributed by atoms with Gasteiger partial charge in [0.1, 0.15) is 6.61 Å². The first-order valence-electron chi connectivity index (χ1n) is 8.86. The normalized spacial score (nSPS) is 12.5. The van der Waals surface area contributed by atoms with Crippen LogP contribution in [0.3, 0.4) is 0 Å². The molecule has 9 heteroatoms. The highest BCUT2D eigenvalue weighted by Crippen LogP contribution is 2.16. The van der Waals surface area contributed by atoms with Gasteiger partial charge in [-0.3, -0.25) is 9.67 Å². The maximum absolute atomic E-state index is 13.6. The summed E-state index contributed by atoms with van der Waals surface area (Å²) >= 11 is 0. The lowest BCUT2D eigenvalue weighted by molar-refractivity contribution is 0.266. The van der Waals surface area contributed by atoms with Crippen molar-refractivity contribution in [3.63, 3.8) is 0 Å². The molecule has 0 aliphatic rings. The topological polar surface area (TPSA) is 57.9 Å². The Labute approximate surface area is 183 Å². The van der Waals surface area contributed by atoms with Crippen LogP contribution in [-0.2, 0) is 7.05 Å². The number of nitrogens with zero attached hydrogens (tertiary/aromatic N) is 5. The van der Waals surface area contributed by atoms with Crippen molar-refractivity contribution in [2.75, 3.05) is 47.9 Å². The van der Waals surface area contributed by atoms with Crippen LogP contribution in [0.5, 0.6) is 5.75 Å². The van der Waals surface area contributed by atoms with E-state index >= 15 is 0 Å². The molecule has 0 spiro atoms. The van der Waals surface area contributed by atoms with Crippen molar-refractivity contribution >= 4 is 29.9 Å². The molecule has 0 saturated heterocycles. The number of likely N-dealkylation sites (N-methyl/N-ethyl adjacent to an activating group) is 2. The van der Waals surface area contributed by atoms with Crippen LogP contribution < -0.4 is 10.1 Å². The van der Waals surface area contributed by atoms with Crippen LogP contribution in [0.4, 0.5) is 4.39 Å². The smallest absolute Gasteiger partial charge is 0.193 e. The molecule has 1 aromatic heterocycles. The number of hydrogen-bond acceptors (Lipinski definition) is 4. The molecular formula is C19H30FIN6O. The van der Waals surface area contributed by atoms with Crippen LogP contribution in [-0.4, -0.2) is 73.4 Å². The third-order valence-corrected chi connectivity index (χ3v) is 4.28. The minimum Gasteiger partial charge on any atom is -0.489 e. The number of benzene rings is 1. The summed E-state index contributed by atoms with van der Waals surface area (Å²) in [6.45, 7) is 1.62. The molecule has 1 heterocycles. The van der Waals surface area contributed by atoms with Crippen LogP contribution in [0.15, 0.2) is 41.7 Å². The third kappa shape index (κ3) is 6.93. The lowest BCUT2D eigenvalue weighted by Crippen LogP contribution is -2.44. The van der Waals surface area contributed by atoms with Gasteiger partial charge in [-0.2, -0.15) is 5.10 Å². The minimum atomic E-state index is -0.354. The molecule has 0 fully saturated rings. The average Bonchev–Trinajstić information content (AvgIpc) is 3.06. The molecule has 2 rings (SSSR count). The van der Waals surface area contributed by atoms with Gasteiger partial charge in [-0.1, -0.05) is 12.1 Å². The maximum Gasteiger partial charge on any atom is 0.193 e. The van der Waals surface area contributed by atoms with Crippen molar-refractivity contribution in [1.82, 2.24) is 24.9 Å². The first-order valence-corrected chi connectivity index (χ1v) is 8.86. The Morgan fingerprint density at radius 1 is 1.32 bits per heavy atom. The maximum atomic E-state index is 13.6. The molecular weight excluding hydrogens is 474 g/mol. The van der Waals surface area contributed by atoms with E-state index in [0.717, 1.165) is 11.5 Å². The van der Waals surface area contributed by atoms with Gasteiger partial charge in [0, 0.05) is 39.4 Å². The monoisotopic (exact) mass is 504 g/mol. The Bertz CT molecular complexity index is 752. The van der Waals surface area contributed by atoms with Gasteiger partial charge in [0.15, 0.2) is 17.5 Å². The van der Waals surface area contributed by atoms with E-state index in [1.807, 2.05) is 45.5 Å². The fourth-order valence-electron chi connectivity index (χ4n) is 2.74. The molecule has 2 aromatic rings. The molecule has 1 N–H and O–H groups in total. The van der Waals surface area contributed by atoms with E-state index in [4.69, 9.17) is 4.74 Å². The second-order valence-corrected chi connectivity index (χ2v) is 6.56. The summed E-state index contributed by atoms with van der Waals surface area (Å²) in [5, 5.41) is 7.64. The Kier molecular flexibility index (Phi) is 10.2. The van der Waals surface area contributed by atoms with Crippen molar-refractivity contribution in [2.45, 2.75) is 6.04 Å². The average molecular weight is 504 g/mol. The Balaban J connectivity index is 0.00000392. The van der Waals surface area contributed by atoms with Crippen molar-refractivity contribution < 1.29 is 9.13 Å². The fourth-order valence-corrected chi connectivity index (χ4v) is 2.74. The van der Waals surface area contributed by atoms with Crippen molar-refractivity contribution in [3.8, 4) is 5.75 Å². The number of aryl methyl sites for hydroxylation is 1. The second kappa shape index (κ2) is 11.8. The van der Waals surface area contributed by atoms with Gasteiger partial charge in [0.05, 0.1) is 18.8 Å². The predicted octanol–water partition coefficient (Wildman–Crippen LogP) is 2.37.